The average molecular weight is 429 g/mol. The van der Waals surface area contributed by atoms with Crippen LogP contribution in [0.25, 0.3) is 0 Å². The molecular formula is C22H18Cl2N2O3. The molecule has 0 aromatic heterocycles. The van der Waals surface area contributed by atoms with Gasteiger partial charge in [0.2, 0.25) is 0 Å². The second kappa shape index (κ2) is 9.96. The summed E-state index contributed by atoms with van der Waals surface area (Å²) < 4.78 is 10.9. The van der Waals surface area contributed by atoms with Gasteiger partial charge in [0.1, 0.15) is 18.1 Å². The third-order valence-corrected chi connectivity index (χ3v) is 4.59. The Bertz CT molecular complexity index is 1020. The first-order valence-electron chi connectivity index (χ1n) is 8.69. The number of carbonyl (C=O) groups is 1. The molecule has 0 atom stereocenters. The van der Waals surface area contributed by atoms with Crippen LogP contribution in [0.4, 0.5) is 0 Å². The molecule has 0 aliphatic heterocycles. The van der Waals surface area contributed by atoms with Crippen LogP contribution in [0.1, 0.15) is 21.5 Å². The van der Waals surface area contributed by atoms with Crippen molar-refractivity contribution >= 4 is 35.3 Å². The molecule has 0 bridgehead atoms. The predicted molar refractivity (Wildman–Crippen MR) is 115 cm³/mol. The average Bonchev–Trinajstić information content (AvgIpc) is 2.73. The number of hydrazone groups is 1. The lowest BCUT2D eigenvalue weighted by atomic mass is 10.2. The molecule has 0 unspecified atom stereocenters. The highest BCUT2D eigenvalue weighted by molar-refractivity contribution is 6.35. The van der Waals surface area contributed by atoms with Crippen LogP contribution in [0.15, 0.2) is 71.8 Å². The van der Waals surface area contributed by atoms with Crippen molar-refractivity contribution in [1.29, 1.82) is 0 Å². The maximum atomic E-state index is 12.1. The van der Waals surface area contributed by atoms with Crippen LogP contribution in [0, 0.1) is 0 Å². The Morgan fingerprint density at radius 3 is 2.55 bits per heavy atom. The lowest BCUT2D eigenvalue weighted by Gasteiger charge is -2.08. The number of amides is 1. The maximum Gasteiger partial charge on any atom is 0.271 e. The molecule has 3 rings (SSSR count). The lowest BCUT2D eigenvalue weighted by Crippen LogP contribution is -2.17. The van der Waals surface area contributed by atoms with Gasteiger partial charge in [0.05, 0.1) is 13.3 Å². The first kappa shape index (κ1) is 20.7. The van der Waals surface area contributed by atoms with Crippen LogP contribution in [0.5, 0.6) is 11.5 Å². The molecule has 0 radical (unpaired) electrons. The Balaban J connectivity index is 1.57. The summed E-state index contributed by atoms with van der Waals surface area (Å²) in [6.45, 7) is 0.310. The van der Waals surface area contributed by atoms with Crippen molar-refractivity contribution in [2.75, 3.05) is 7.11 Å². The number of halogens is 2. The van der Waals surface area contributed by atoms with Gasteiger partial charge in [-0.25, -0.2) is 5.43 Å². The number of hydrogen-bond donors (Lipinski definition) is 1. The van der Waals surface area contributed by atoms with E-state index in [2.05, 4.69) is 10.5 Å². The van der Waals surface area contributed by atoms with E-state index in [-0.39, 0.29) is 5.91 Å². The Hall–Kier alpha value is -3.02. The summed E-state index contributed by atoms with van der Waals surface area (Å²) in [4.78, 5) is 12.1. The summed E-state index contributed by atoms with van der Waals surface area (Å²) in [5, 5.41) is 5.13. The number of carbonyl (C=O) groups excluding carboxylic acids is 1. The molecule has 3 aromatic carbocycles. The molecule has 0 aliphatic rings. The molecule has 1 N–H and O–H groups in total. The molecule has 0 saturated heterocycles. The highest BCUT2D eigenvalue weighted by Gasteiger charge is 2.05. The highest BCUT2D eigenvalue weighted by atomic mass is 35.5. The molecule has 1 amide bonds. The summed E-state index contributed by atoms with van der Waals surface area (Å²) in [7, 11) is 1.57. The quantitative estimate of drug-likeness (QED) is 0.407. The van der Waals surface area contributed by atoms with E-state index in [0.29, 0.717) is 33.7 Å². The monoisotopic (exact) mass is 428 g/mol. The van der Waals surface area contributed by atoms with Gasteiger partial charge in [-0.3, -0.25) is 4.79 Å². The topological polar surface area (TPSA) is 59.9 Å². The van der Waals surface area contributed by atoms with Gasteiger partial charge in [-0.15, -0.1) is 0 Å². The van der Waals surface area contributed by atoms with Gasteiger partial charge in [0.15, 0.2) is 0 Å². The number of rotatable bonds is 7. The molecule has 29 heavy (non-hydrogen) atoms. The highest BCUT2D eigenvalue weighted by Crippen LogP contribution is 2.23. The zero-order chi connectivity index (χ0) is 20.6. The van der Waals surface area contributed by atoms with Crippen LogP contribution in [-0.4, -0.2) is 19.2 Å². The van der Waals surface area contributed by atoms with Crippen molar-refractivity contribution in [3.8, 4) is 11.5 Å². The van der Waals surface area contributed by atoms with E-state index in [1.54, 1.807) is 49.7 Å². The zero-order valence-electron chi connectivity index (χ0n) is 15.6. The lowest BCUT2D eigenvalue weighted by molar-refractivity contribution is 0.0955. The first-order valence-corrected chi connectivity index (χ1v) is 9.45. The van der Waals surface area contributed by atoms with E-state index in [1.165, 1.54) is 0 Å². The van der Waals surface area contributed by atoms with Gasteiger partial charge in [-0.05, 0) is 54.1 Å². The van der Waals surface area contributed by atoms with Crippen LogP contribution >= 0.6 is 23.2 Å². The second-order valence-electron chi connectivity index (χ2n) is 6.02. The smallest absolute Gasteiger partial charge is 0.271 e. The van der Waals surface area contributed by atoms with Gasteiger partial charge >= 0.3 is 0 Å². The van der Waals surface area contributed by atoms with Gasteiger partial charge in [0, 0.05) is 21.2 Å². The third kappa shape index (κ3) is 5.98. The van der Waals surface area contributed by atoms with Gasteiger partial charge < -0.3 is 9.47 Å². The van der Waals surface area contributed by atoms with Crippen molar-refractivity contribution in [2.24, 2.45) is 5.10 Å². The first-order chi connectivity index (χ1) is 14.0. The van der Waals surface area contributed by atoms with Crippen molar-refractivity contribution in [1.82, 2.24) is 5.43 Å². The minimum atomic E-state index is -0.311. The van der Waals surface area contributed by atoms with Crippen LogP contribution in [-0.2, 0) is 6.61 Å². The van der Waals surface area contributed by atoms with E-state index in [0.717, 1.165) is 11.1 Å². The number of nitrogens with zero attached hydrogens (tertiary/aromatic N) is 1. The maximum absolute atomic E-state index is 12.1. The molecule has 0 spiro atoms. The van der Waals surface area contributed by atoms with E-state index >= 15 is 0 Å². The minimum Gasteiger partial charge on any atom is -0.497 e. The van der Waals surface area contributed by atoms with Crippen LogP contribution in [0.3, 0.4) is 0 Å². The number of nitrogens with one attached hydrogen (secondary N) is 1. The second-order valence-corrected chi connectivity index (χ2v) is 6.87. The summed E-state index contributed by atoms with van der Waals surface area (Å²) in [5.74, 6) is 1.02. The molecule has 0 aliphatic carbocycles. The Labute approximate surface area is 178 Å². The number of ether oxygens (including phenoxy) is 2. The standard InChI is InChI=1S/C22H18Cl2N2O3/c1-28-19-9-6-16(7-10-19)22(27)26-25-13-15-3-2-4-20(11-15)29-14-17-5-8-18(23)12-21(17)24/h2-13H,14H2,1H3,(H,26,27)/b25-13+. The van der Waals surface area contributed by atoms with E-state index in [1.807, 2.05) is 30.3 Å². The third-order valence-electron chi connectivity index (χ3n) is 4.00. The molecule has 0 saturated carbocycles. The summed E-state index contributed by atoms with van der Waals surface area (Å²) in [6.07, 6.45) is 1.55. The predicted octanol–water partition coefficient (Wildman–Crippen LogP) is 5.34. The molecule has 148 valence electrons. The number of hydrogen-bond acceptors (Lipinski definition) is 4. The van der Waals surface area contributed by atoms with Crippen molar-refractivity contribution in [3.05, 3.63) is 93.5 Å². The van der Waals surface area contributed by atoms with Gasteiger partial charge in [0.25, 0.3) is 5.91 Å². The molecule has 5 nitrogen and oxygen atoms in total. The van der Waals surface area contributed by atoms with Crippen molar-refractivity contribution in [3.63, 3.8) is 0 Å². The molecular weight excluding hydrogens is 411 g/mol. The van der Waals surface area contributed by atoms with Gasteiger partial charge in [-0.1, -0.05) is 41.4 Å². The summed E-state index contributed by atoms with van der Waals surface area (Å²) in [5.41, 5.74) is 4.59. The Kier molecular flexibility index (Phi) is 7.11. The minimum absolute atomic E-state index is 0.310. The van der Waals surface area contributed by atoms with E-state index in [4.69, 9.17) is 32.7 Å². The zero-order valence-corrected chi connectivity index (χ0v) is 17.1. The largest absolute Gasteiger partial charge is 0.497 e. The molecule has 7 heteroatoms. The fraction of sp³-hybridized carbons (Fsp3) is 0.0909. The molecule has 0 heterocycles. The number of methoxy groups -OCH3 is 1. The van der Waals surface area contributed by atoms with Crippen molar-refractivity contribution in [2.45, 2.75) is 6.61 Å². The fourth-order valence-corrected chi connectivity index (χ4v) is 2.92. The van der Waals surface area contributed by atoms with E-state index < -0.39 is 0 Å². The normalized spacial score (nSPS) is 10.7. The SMILES string of the molecule is COc1ccc(C(=O)N/N=C/c2cccc(OCc3ccc(Cl)cc3Cl)c2)cc1. The van der Waals surface area contributed by atoms with Crippen LogP contribution in [0.2, 0.25) is 10.0 Å². The number of benzene rings is 3. The fourth-order valence-electron chi connectivity index (χ4n) is 2.46. The van der Waals surface area contributed by atoms with Gasteiger partial charge in [-0.2, -0.15) is 5.10 Å². The Morgan fingerprint density at radius 1 is 1.03 bits per heavy atom. The van der Waals surface area contributed by atoms with Crippen LogP contribution < -0.4 is 14.9 Å². The summed E-state index contributed by atoms with van der Waals surface area (Å²) >= 11 is 12.1. The Morgan fingerprint density at radius 2 is 1.83 bits per heavy atom. The molecule has 0 fully saturated rings. The van der Waals surface area contributed by atoms with E-state index in [9.17, 15) is 4.79 Å². The molecule has 3 aromatic rings. The van der Waals surface area contributed by atoms with Crippen molar-refractivity contribution < 1.29 is 14.3 Å². The summed E-state index contributed by atoms with van der Waals surface area (Å²) in [6, 6.07) is 19.4.